The lowest BCUT2D eigenvalue weighted by atomic mass is 10.0. The molecule has 0 radical (unpaired) electrons. The number of benzene rings is 8. The number of aromatic nitrogens is 5. The topological polar surface area (TPSA) is 48.5 Å². The van der Waals surface area contributed by atoms with E-state index in [0.29, 0.717) is 17.3 Å². The Bertz CT molecular complexity index is 3340. The fourth-order valence-corrected chi connectivity index (χ4v) is 8.49. The summed E-state index contributed by atoms with van der Waals surface area (Å²) in [6.45, 7) is 0. The van der Waals surface area contributed by atoms with Gasteiger partial charge in [0.1, 0.15) is 5.82 Å². The molecule has 0 aliphatic heterocycles. The molecule has 0 bridgehead atoms. The van der Waals surface area contributed by atoms with Crippen molar-refractivity contribution in [2.24, 2.45) is 0 Å². The van der Waals surface area contributed by atoms with Crippen molar-refractivity contribution < 1.29 is 4.39 Å². The van der Waals surface area contributed by atoms with Crippen molar-refractivity contribution in [1.82, 2.24) is 24.1 Å². The minimum absolute atomic E-state index is 0.0430. The van der Waals surface area contributed by atoms with Crippen LogP contribution in [0.15, 0.2) is 188 Å². The zero-order valence-electron chi connectivity index (χ0n) is 30.9. The number of para-hydroxylation sites is 2. The number of hydrogen-bond acceptors (Lipinski definition) is 3. The summed E-state index contributed by atoms with van der Waals surface area (Å²) in [6, 6.07) is 63.5. The molecule has 11 rings (SSSR count). The predicted octanol–water partition coefficient (Wildman–Crippen LogP) is 13.5. The van der Waals surface area contributed by atoms with Gasteiger partial charge in [-0.25, -0.2) is 9.37 Å². The van der Waals surface area contributed by atoms with Crippen LogP contribution >= 0.6 is 11.6 Å². The number of nitrogens with zero attached hydrogens (tertiary/aromatic N) is 5. The first kappa shape index (κ1) is 33.9. The number of fused-ring (bicyclic) bond motifs is 7. The van der Waals surface area contributed by atoms with Crippen LogP contribution in [0.1, 0.15) is 0 Å². The van der Waals surface area contributed by atoms with Crippen LogP contribution in [0.25, 0.3) is 100 Å². The Hall–Kier alpha value is -7.41. The van der Waals surface area contributed by atoms with Crippen molar-refractivity contribution in [3.63, 3.8) is 0 Å². The van der Waals surface area contributed by atoms with Gasteiger partial charge in [-0.2, -0.15) is 9.97 Å². The summed E-state index contributed by atoms with van der Waals surface area (Å²) in [5, 5.41) is 4.38. The van der Waals surface area contributed by atoms with E-state index in [0.717, 1.165) is 66.0 Å². The molecule has 11 aromatic rings. The average Bonchev–Trinajstić information content (AvgIpc) is 3.81. The highest BCUT2D eigenvalue weighted by Gasteiger charge is 2.23. The summed E-state index contributed by atoms with van der Waals surface area (Å²) < 4.78 is 19.4. The Morgan fingerprint density at radius 1 is 0.379 bits per heavy atom. The molecule has 8 aromatic carbocycles. The van der Waals surface area contributed by atoms with Crippen molar-refractivity contribution >= 4 is 55.2 Å². The highest BCUT2D eigenvalue weighted by Crippen LogP contribution is 2.42. The van der Waals surface area contributed by atoms with E-state index in [1.54, 1.807) is 12.1 Å². The molecule has 3 heterocycles. The third kappa shape index (κ3) is 5.49. The van der Waals surface area contributed by atoms with E-state index in [9.17, 15) is 4.39 Å². The smallest absolute Gasteiger partial charge is 0.238 e. The second-order valence-corrected chi connectivity index (χ2v) is 14.7. The lowest BCUT2D eigenvalue weighted by Crippen LogP contribution is -2.06. The van der Waals surface area contributed by atoms with Crippen LogP contribution in [0.3, 0.4) is 0 Å². The van der Waals surface area contributed by atoms with Crippen molar-refractivity contribution in [3.8, 4) is 56.7 Å². The molecule has 5 nitrogen and oxygen atoms in total. The molecule has 7 heteroatoms. The molecule has 0 spiro atoms. The highest BCUT2D eigenvalue weighted by molar-refractivity contribution is 6.33. The van der Waals surface area contributed by atoms with Gasteiger partial charge < -0.3 is 4.57 Å². The van der Waals surface area contributed by atoms with Crippen molar-refractivity contribution in [1.29, 1.82) is 0 Å². The van der Waals surface area contributed by atoms with E-state index in [1.165, 1.54) is 17.2 Å². The van der Waals surface area contributed by atoms with Crippen molar-refractivity contribution in [2.45, 2.75) is 0 Å². The minimum Gasteiger partial charge on any atom is -0.309 e. The highest BCUT2D eigenvalue weighted by atomic mass is 35.5. The van der Waals surface area contributed by atoms with Crippen LogP contribution in [-0.4, -0.2) is 24.1 Å². The SMILES string of the molecule is Fc1cccc(-c2nc(-c3ccc(-c4ccccc4)cc3)nc(-n3c4ccccc4c4c5c6ccccc6n(-c6ccc(-c7ccccc7)cc6)c5ccc43)n2)c1Cl. The molecule has 0 N–H and O–H groups in total. The Labute approximate surface area is 337 Å². The van der Waals surface area contributed by atoms with Gasteiger partial charge in [0.05, 0.1) is 27.1 Å². The molecule has 0 aliphatic carbocycles. The molecule has 0 saturated carbocycles. The normalized spacial score (nSPS) is 11.6. The van der Waals surface area contributed by atoms with Crippen LogP contribution in [0.4, 0.5) is 4.39 Å². The maximum atomic E-state index is 15.0. The van der Waals surface area contributed by atoms with Crippen LogP contribution < -0.4 is 0 Å². The summed E-state index contributed by atoms with van der Waals surface area (Å²) in [5.74, 6) is 0.584. The Kier molecular flexibility index (Phi) is 7.98. The molecule has 274 valence electrons. The predicted molar refractivity (Wildman–Crippen MR) is 235 cm³/mol. The van der Waals surface area contributed by atoms with E-state index in [4.69, 9.17) is 26.6 Å². The molecule has 3 aromatic heterocycles. The zero-order valence-corrected chi connectivity index (χ0v) is 31.6. The average molecular weight is 768 g/mol. The fourth-order valence-electron chi connectivity index (χ4n) is 8.28. The van der Waals surface area contributed by atoms with Gasteiger partial charge in [-0.05, 0) is 70.8 Å². The van der Waals surface area contributed by atoms with Gasteiger partial charge in [-0.3, -0.25) is 4.57 Å². The van der Waals surface area contributed by atoms with E-state index < -0.39 is 5.82 Å². The molecule has 58 heavy (non-hydrogen) atoms. The summed E-state index contributed by atoms with van der Waals surface area (Å²) in [6.07, 6.45) is 0. The summed E-state index contributed by atoms with van der Waals surface area (Å²) in [7, 11) is 0. The molecule has 0 saturated heterocycles. The number of rotatable bonds is 6. The van der Waals surface area contributed by atoms with Crippen LogP contribution in [0.5, 0.6) is 0 Å². The zero-order chi connectivity index (χ0) is 38.7. The van der Waals surface area contributed by atoms with E-state index in [-0.39, 0.29) is 10.8 Å². The van der Waals surface area contributed by atoms with E-state index in [1.807, 2.05) is 42.5 Å². The van der Waals surface area contributed by atoms with Gasteiger partial charge >= 0.3 is 0 Å². The molecular weight excluding hydrogens is 737 g/mol. The quantitative estimate of drug-likeness (QED) is 0.169. The standard InChI is InChI=1S/C51H31ClFN5/c52-48-40(18-11-19-41(48)53)50-54-49(36-24-22-34(23-25-36)32-12-3-1-4-13-32)55-51(56-50)58-43-21-10-8-17-39(43)47-45(58)31-30-44-46(47)38-16-7-9-20-42(38)57(44)37-28-26-35(27-29-37)33-14-5-2-6-15-33/h1-31H. The van der Waals surface area contributed by atoms with Gasteiger partial charge in [0, 0.05) is 38.4 Å². The van der Waals surface area contributed by atoms with Gasteiger partial charge in [-0.15, -0.1) is 0 Å². The minimum atomic E-state index is -0.541. The lowest BCUT2D eigenvalue weighted by molar-refractivity contribution is 0.628. The largest absolute Gasteiger partial charge is 0.309 e. The molecule has 0 aliphatic rings. The van der Waals surface area contributed by atoms with Gasteiger partial charge in [-0.1, -0.05) is 151 Å². The van der Waals surface area contributed by atoms with Gasteiger partial charge in [0.2, 0.25) is 5.95 Å². The Morgan fingerprint density at radius 2 is 0.862 bits per heavy atom. The molecule has 0 unspecified atom stereocenters. The van der Waals surface area contributed by atoms with Crippen molar-refractivity contribution in [2.75, 3.05) is 0 Å². The first-order chi connectivity index (χ1) is 28.6. The number of hydrogen-bond donors (Lipinski definition) is 0. The Morgan fingerprint density at radius 3 is 1.48 bits per heavy atom. The maximum absolute atomic E-state index is 15.0. The maximum Gasteiger partial charge on any atom is 0.238 e. The third-order valence-electron chi connectivity index (χ3n) is 11.0. The summed E-state index contributed by atoms with van der Waals surface area (Å²) in [4.78, 5) is 15.1. The van der Waals surface area contributed by atoms with Gasteiger partial charge in [0.25, 0.3) is 0 Å². The molecule has 0 amide bonds. The second-order valence-electron chi connectivity index (χ2n) is 14.3. The Balaban J connectivity index is 1.15. The summed E-state index contributed by atoms with van der Waals surface area (Å²) in [5.41, 5.74) is 10.8. The van der Waals surface area contributed by atoms with Crippen LogP contribution in [0.2, 0.25) is 5.02 Å². The first-order valence-corrected chi connectivity index (χ1v) is 19.5. The monoisotopic (exact) mass is 767 g/mol. The van der Waals surface area contributed by atoms with Crippen LogP contribution in [-0.2, 0) is 0 Å². The first-order valence-electron chi connectivity index (χ1n) is 19.1. The van der Waals surface area contributed by atoms with Crippen LogP contribution in [0, 0.1) is 5.82 Å². The second kappa shape index (κ2) is 13.7. The van der Waals surface area contributed by atoms with E-state index >= 15 is 0 Å². The molecule has 0 fully saturated rings. The molecular formula is C51H31ClFN5. The number of halogens is 2. The molecule has 0 atom stereocenters. The fraction of sp³-hybridized carbons (Fsp3) is 0. The third-order valence-corrected chi connectivity index (χ3v) is 11.4. The van der Waals surface area contributed by atoms with Gasteiger partial charge in [0.15, 0.2) is 11.6 Å². The van der Waals surface area contributed by atoms with E-state index in [2.05, 4.69) is 137 Å². The lowest BCUT2D eigenvalue weighted by Gasteiger charge is -2.12. The summed E-state index contributed by atoms with van der Waals surface area (Å²) >= 11 is 6.61. The van der Waals surface area contributed by atoms with Crippen molar-refractivity contribution in [3.05, 3.63) is 199 Å².